The lowest BCUT2D eigenvalue weighted by molar-refractivity contribution is -0.313. The second kappa shape index (κ2) is 4.53. The van der Waals surface area contributed by atoms with E-state index in [9.17, 15) is 14.7 Å². The molecule has 2 aliphatic rings. The molecule has 2 aliphatic carbocycles. The van der Waals surface area contributed by atoms with Crippen molar-refractivity contribution in [1.82, 2.24) is 0 Å². The number of aliphatic carboxylic acids is 1. The van der Waals surface area contributed by atoms with Crippen molar-refractivity contribution in [2.45, 2.75) is 6.42 Å². The minimum atomic E-state index is -1.12. The predicted molar refractivity (Wildman–Crippen MR) is 67.8 cm³/mol. The molecule has 0 aliphatic heterocycles. The van der Waals surface area contributed by atoms with Crippen molar-refractivity contribution in [3.8, 4) is 0 Å². The molecule has 0 unspecified atom stereocenters. The van der Waals surface area contributed by atoms with Crippen LogP contribution in [-0.2, 0) is 9.59 Å². The summed E-state index contributed by atoms with van der Waals surface area (Å²) in [5.74, 6) is -2.58. The van der Waals surface area contributed by atoms with Crippen LogP contribution in [0.15, 0.2) is 42.5 Å². The molecule has 0 spiro atoms. The normalized spacial score (nSPS) is 31.4. The summed E-state index contributed by atoms with van der Waals surface area (Å²) in [5.41, 5.74) is 0.691. The van der Waals surface area contributed by atoms with Crippen LogP contribution in [0.4, 0.5) is 5.69 Å². The Bertz CT molecular complexity index is 538. The van der Waals surface area contributed by atoms with Crippen LogP contribution in [0.25, 0.3) is 0 Å². The van der Waals surface area contributed by atoms with E-state index in [4.69, 9.17) is 0 Å². The number of hydrogen-bond acceptors (Lipinski definition) is 3. The number of fused-ring (bicyclic) bond motifs is 2. The molecule has 1 N–H and O–H groups in total. The summed E-state index contributed by atoms with van der Waals surface area (Å²) in [7, 11) is 0. The van der Waals surface area contributed by atoms with E-state index >= 15 is 0 Å². The van der Waals surface area contributed by atoms with Crippen LogP contribution in [0.3, 0.4) is 0 Å². The quantitative estimate of drug-likeness (QED) is 0.814. The first-order valence-corrected chi connectivity index (χ1v) is 6.42. The second-order valence-electron chi connectivity index (χ2n) is 5.17. The van der Waals surface area contributed by atoms with Crippen molar-refractivity contribution in [2.24, 2.45) is 23.7 Å². The molecule has 0 aromatic heterocycles. The second-order valence-corrected chi connectivity index (χ2v) is 5.17. The molecule has 0 heterocycles. The molecule has 98 valence electrons. The van der Waals surface area contributed by atoms with Crippen molar-refractivity contribution in [3.63, 3.8) is 0 Å². The Morgan fingerprint density at radius 1 is 1.05 bits per heavy atom. The summed E-state index contributed by atoms with van der Waals surface area (Å²) in [6.45, 7) is 0. The largest absolute Gasteiger partial charge is 0.550 e. The van der Waals surface area contributed by atoms with Crippen LogP contribution in [-0.4, -0.2) is 11.9 Å². The number of benzene rings is 1. The minimum absolute atomic E-state index is 0.0246. The Morgan fingerprint density at radius 2 is 1.68 bits per heavy atom. The molecule has 3 rings (SSSR count). The third-order valence-electron chi connectivity index (χ3n) is 4.08. The van der Waals surface area contributed by atoms with Crippen LogP contribution in [0, 0.1) is 23.7 Å². The Balaban J connectivity index is 1.79. The van der Waals surface area contributed by atoms with Gasteiger partial charge in [-0.05, 0) is 30.4 Å². The molecule has 4 heteroatoms. The number of hydrogen-bond donors (Lipinski definition) is 1. The van der Waals surface area contributed by atoms with E-state index in [0.717, 1.165) is 6.42 Å². The van der Waals surface area contributed by atoms with Gasteiger partial charge in [0, 0.05) is 17.6 Å². The van der Waals surface area contributed by atoms with Crippen molar-refractivity contribution >= 4 is 17.6 Å². The minimum Gasteiger partial charge on any atom is -0.550 e. The van der Waals surface area contributed by atoms with E-state index in [1.54, 1.807) is 12.1 Å². The van der Waals surface area contributed by atoms with E-state index in [-0.39, 0.29) is 17.7 Å². The number of carbonyl (C=O) groups excluding carboxylic acids is 2. The lowest BCUT2D eigenvalue weighted by Crippen LogP contribution is -2.42. The Kier molecular flexibility index (Phi) is 2.85. The first kappa shape index (κ1) is 12.0. The van der Waals surface area contributed by atoms with Gasteiger partial charge >= 0.3 is 0 Å². The van der Waals surface area contributed by atoms with Gasteiger partial charge in [-0.25, -0.2) is 0 Å². The number of carboxylic acids is 1. The summed E-state index contributed by atoms with van der Waals surface area (Å²) in [4.78, 5) is 23.5. The Labute approximate surface area is 111 Å². The SMILES string of the molecule is O=C(Nc1ccccc1)[C@@H]1[C@@H](C(=O)[O-])[C@H]2C=C[C@@H]1C2. The highest BCUT2D eigenvalue weighted by atomic mass is 16.4. The number of allylic oxidation sites excluding steroid dienone is 2. The highest BCUT2D eigenvalue weighted by molar-refractivity contribution is 5.96. The molecule has 4 nitrogen and oxygen atoms in total. The highest BCUT2D eigenvalue weighted by Gasteiger charge is 2.48. The van der Waals surface area contributed by atoms with Gasteiger partial charge in [-0.1, -0.05) is 30.4 Å². The molecule has 0 saturated heterocycles. The molecule has 1 saturated carbocycles. The first-order valence-electron chi connectivity index (χ1n) is 6.42. The molecular formula is C15H14NO3-. The van der Waals surface area contributed by atoms with Crippen LogP contribution in [0.1, 0.15) is 6.42 Å². The van der Waals surface area contributed by atoms with Gasteiger partial charge in [0.15, 0.2) is 0 Å². The van der Waals surface area contributed by atoms with E-state index in [1.807, 2.05) is 30.4 Å². The maximum atomic E-state index is 12.3. The number of carboxylic acid groups (broad SMARTS) is 1. The van der Waals surface area contributed by atoms with Crippen LogP contribution >= 0.6 is 0 Å². The smallest absolute Gasteiger partial charge is 0.228 e. The van der Waals surface area contributed by atoms with Gasteiger partial charge in [0.1, 0.15) is 0 Å². The third kappa shape index (κ3) is 2.03. The van der Waals surface area contributed by atoms with Crippen molar-refractivity contribution in [2.75, 3.05) is 5.32 Å². The van der Waals surface area contributed by atoms with E-state index in [2.05, 4.69) is 5.32 Å². The maximum absolute atomic E-state index is 12.3. The van der Waals surface area contributed by atoms with Gasteiger partial charge in [-0.3, -0.25) is 4.79 Å². The molecular weight excluding hydrogens is 242 g/mol. The van der Waals surface area contributed by atoms with Gasteiger partial charge in [0.2, 0.25) is 5.91 Å². The average Bonchev–Trinajstić information content (AvgIpc) is 2.99. The summed E-state index contributed by atoms with van der Waals surface area (Å²) < 4.78 is 0. The summed E-state index contributed by atoms with van der Waals surface area (Å²) >= 11 is 0. The molecule has 0 radical (unpaired) electrons. The zero-order valence-corrected chi connectivity index (χ0v) is 10.3. The first-order chi connectivity index (χ1) is 9.16. The predicted octanol–water partition coefficient (Wildman–Crippen LogP) is 0.813. The van der Waals surface area contributed by atoms with Gasteiger partial charge in [0.05, 0.1) is 5.92 Å². The molecule has 19 heavy (non-hydrogen) atoms. The van der Waals surface area contributed by atoms with E-state index < -0.39 is 17.8 Å². The number of amides is 1. The molecule has 1 aromatic rings. The fourth-order valence-electron chi connectivity index (χ4n) is 3.25. The van der Waals surface area contributed by atoms with Gasteiger partial charge < -0.3 is 15.2 Å². The lowest BCUT2D eigenvalue weighted by atomic mass is 9.82. The number of nitrogens with one attached hydrogen (secondary N) is 1. The summed E-state index contributed by atoms with van der Waals surface area (Å²) in [6, 6.07) is 9.09. The van der Waals surface area contributed by atoms with Crippen LogP contribution in [0.2, 0.25) is 0 Å². The zero-order valence-electron chi connectivity index (χ0n) is 10.3. The van der Waals surface area contributed by atoms with Gasteiger partial charge in [-0.15, -0.1) is 0 Å². The van der Waals surface area contributed by atoms with Crippen molar-refractivity contribution in [3.05, 3.63) is 42.5 Å². The molecule has 1 fully saturated rings. The fraction of sp³-hybridized carbons (Fsp3) is 0.333. The van der Waals surface area contributed by atoms with Crippen LogP contribution < -0.4 is 10.4 Å². The van der Waals surface area contributed by atoms with Crippen LogP contribution in [0.5, 0.6) is 0 Å². The Hall–Kier alpha value is -2.10. The average molecular weight is 256 g/mol. The van der Waals surface area contributed by atoms with E-state index in [1.165, 1.54) is 0 Å². The molecule has 1 aromatic carbocycles. The van der Waals surface area contributed by atoms with E-state index in [0.29, 0.717) is 5.69 Å². The number of para-hydroxylation sites is 1. The fourth-order valence-corrected chi connectivity index (χ4v) is 3.25. The topological polar surface area (TPSA) is 69.2 Å². The Morgan fingerprint density at radius 3 is 2.32 bits per heavy atom. The van der Waals surface area contributed by atoms with Gasteiger partial charge in [0.25, 0.3) is 0 Å². The lowest BCUT2D eigenvalue weighted by Gasteiger charge is -2.27. The zero-order chi connectivity index (χ0) is 13.4. The van der Waals surface area contributed by atoms with Gasteiger partial charge in [-0.2, -0.15) is 0 Å². The molecule has 2 bridgehead atoms. The monoisotopic (exact) mass is 256 g/mol. The molecule has 1 amide bonds. The summed E-state index contributed by atoms with van der Waals surface area (Å²) in [6.07, 6.45) is 4.60. The standard InChI is InChI=1S/C15H15NO3/c17-14(16-11-4-2-1-3-5-11)12-9-6-7-10(8-9)13(12)15(18)19/h1-7,9-10,12-13H,8H2,(H,16,17)(H,18,19)/p-1/t9-,10+,12+,13+/m1/s1. The highest BCUT2D eigenvalue weighted by Crippen LogP contribution is 2.48. The summed E-state index contributed by atoms with van der Waals surface area (Å²) in [5, 5.41) is 14.0. The van der Waals surface area contributed by atoms with Crippen molar-refractivity contribution in [1.29, 1.82) is 0 Å². The number of rotatable bonds is 3. The third-order valence-corrected chi connectivity index (χ3v) is 4.08. The number of carbonyl (C=O) groups is 2. The maximum Gasteiger partial charge on any atom is 0.228 e. The van der Waals surface area contributed by atoms with Crippen molar-refractivity contribution < 1.29 is 14.7 Å². The number of anilines is 1. The molecule has 4 atom stereocenters.